The number of ether oxygens (including phenoxy) is 1. The summed E-state index contributed by atoms with van der Waals surface area (Å²) < 4.78 is 32.6. The lowest BCUT2D eigenvalue weighted by Gasteiger charge is -2.14. The summed E-state index contributed by atoms with van der Waals surface area (Å²) in [5.74, 6) is 0.223. The van der Waals surface area contributed by atoms with E-state index >= 15 is 0 Å². The number of hydrogen-bond donors (Lipinski definition) is 2. The van der Waals surface area contributed by atoms with E-state index in [-0.39, 0.29) is 17.9 Å². The molecule has 1 aliphatic rings. The predicted molar refractivity (Wildman–Crippen MR) is 126 cm³/mol. The number of aliphatic hydroxyl groups is 1. The van der Waals surface area contributed by atoms with Gasteiger partial charge >= 0.3 is 0 Å². The molecule has 3 aromatic rings. The van der Waals surface area contributed by atoms with Crippen LogP contribution in [-0.2, 0) is 16.4 Å². The average Bonchev–Trinajstić information content (AvgIpc) is 3.41. The van der Waals surface area contributed by atoms with Crippen molar-refractivity contribution in [2.75, 3.05) is 12.4 Å². The molecule has 4 rings (SSSR count). The van der Waals surface area contributed by atoms with Crippen LogP contribution in [0, 0.1) is 11.3 Å². The second kappa shape index (κ2) is 9.57. The second-order valence-corrected chi connectivity index (χ2v) is 10.9. The quantitative estimate of drug-likeness (QED) is 0.502. The number of aromatic nitrogens is 2. The standard InChI is InChI=1S/C23H24N4O4S2/c1-14(2)31-21-9-6-15(12-16(21)13-24)22-25-26-23(32-22)19-5-3-4-18-17(19)7-8-20(18)27-33(29,30)11-10-28/h3-6,9,12,14,20,27-28H,7-8,10-11H2,1-2H3/t20-/m1/s1. The number of nitriles is 1. The number of rotatable bonds is 8. The van der Waals surface area contributed by atoms with Crippen LogP contribution in [0.2, 0.25) is 0 Å². The third kappa shape index (κ3) is 5.07. The predicted octanol–water partition coefficient (Wildman–Crippen LogP) is 3.43. The van der Waals surface area contributed by atoms with E-state index in [2.05, 4.69) is 21.0 Å². The van der Waals surface area contributed by atoms with E-state index in [1.54, 1.807) is 12.1 Å². The Bertz CT molecular complexity index is 1310. The van der Waals surface area contributed by atoms with Crippen molar-refractivity contribution in [2.24, 2.45) is 0 Å². The van der Waals surface area contributed by atoms with E-state index in [0.29, 0.717) is 29.2 Å². The van der Waals surface area contributed by atoms with Gasteiger partial charge in [-0.1, -0.05) is 29.5 Å². The van der Waals surface area contributed by atoms with Gasteiger partial charge in [-0.25, -0.2) is 13.1 Å². The maximum Gasteiger partial charge on any atom is 0.214 e. The van der Waals surface area contributed by atoms with E-state index in [1.165, 1.54) is 11.3 Å². The molecule has 1 aliphatic carbocycles. The Morgan fingerprint density at radius 3 is 2.79 bits per heavy atom. The summed E-state index contributed by atoms with van der Waals surface area (Å²) in [6.07, 6.45) is 1.33. The van der Waals surface area contributed by atoms with Gasteiger partial charge in [0.05, 0.1) is 24.0 Å². The zero-order valence-corrected chi connectivity index (χ0v) is 19.9. The van der Waals surface area contributed by atoms with Crippen molar-refractivity contribution in [3.05, 3.63) is 53.1 Å². The van der Waals surface area contributed by atoms with Gasteiger partial charge in [-0.3, -0.25) is 0 Å². The Balaban J connectivity index is 1.63. The van der Waals surface area contributed by atoms with Gasteiger partial charge in [-0.2, -0.15) is 5.26 Å². The Kier molecular flexibility index (Phi) is 6.76. The van der Waals surface area contributed by atoms with Crippen LogP contribution in [0.4, 0.5) is 0 Å². The fraction of sp³-hybridized carbons (Fsp3) is 0.348. The van der Waals surface area contributed by atoms with Crippen LogP contribution in [-0.4, -0.2) is 42.2 Å². The summed E-state index contributed by atoms with van der Waals surface area (Å²) in [6.45, 7) is 3.40. The van der Waals surface area contributed by atoms with Crippen LogP contribution < -0.4 is 9.46 Å². The number of aliphatic hydroxyl groups excluding tert-OH is 1. The van der Waals surface area contributed by atoms with Crippen LogP contribution in [0.1, 0.15) is 43.0 Å². The Labute approximate surface area is 196 Å². The van der Waals surface area contributed by atoms with Crippen molar-refractivity contribution in [3.63, 3.8) is 0 Å². The molecule has 0 radical (unpaired) electrons. The van der Waals surface area contributed by atoms with Crippen LogP contribution in [0.3, 0.4) is 0 Å². The molecular formula is C23H24N4O4S2. The van der Waals surface area contributed by atoms with Gasteiger partial charge < -0.3 is 9.84 Å². The third-order valence-electron chi connectivity index (χ3n) is 5.32. The molecule has 1 atom stereocenters. The van der Waals surface area contributed by atoms with E-state index in [1.807, 2.05) is 38.1 Å². The van der Waals surface area contributed by atoms with Crippen molar-refractivity contribution in [3.8, 4) is 33.0 Å². The molecule has 0 spiro atoms. The minimum absolute atomic E-state index is 0.0341. The number of nitrogens with one attached hydrogen (secondary N) is 1. The Morgan fingerprint density at radius 1 is 1.27 bits per heavy atom. The Hall–Kier alpha value is -2.84. The first-order valence-electron chi connectivity index (χ1n) is 10.6. The molecule has 10 heteroatoms. The molecule has 0 saturated heterocycles. The van der Waals surface area contributed by atoms with E-state index in [9.17, 15) is 13.7 Å². The molecule has 1 heterocycles. The molecule has 0 fully saturated rings. The molecule has 2 aromatic carbocycles. The topological polar surface area (TPSA) is 125 Å². The van der Waals surface area contributed by atoms with E-state index in [4.69, 9.17) is 9.84 Å². The molecular weight excluding hydrogens is 460 g/mol. The number of nitrogens with zero attached hydrogens (tertiary/aromatic N) is 3. The van der Waals surface area contributed by atoms with Crippen LogP contribution in [0.5, 0.6) is 5.75 Å². The molecule has 0 bridgehead atoms. The normalized spacial score (nSPS) is 15.4. The minimum Gasteiger partial charge on any atom is -0.490 e. The highest BCUT2D eigenvalue weighted by Gasteiger charge is 2.29. The summed E-state index contributed by atoms with van der Waals surface area (Å²) in [5.41, 5.74) is 4.13. The first-order chi connectivity index (χ1) is 15.8. The van der Waals surface area contributed by atoms with E-state index < -0.39 is 16.6 Å². The van der Waals surface area contributed by atoms with Gasteiger partial charge in [0.1, 0.15) is 21.8 Å². The first kappa shape index (κ1) is 23.3. The average molecular weight is 485 g/mol. The molecule has 33 heavy (non-hydrogen) atoms. The zero-order valence-electron chi connectivity index (χ0n) is 18.3. The lowest BCUT2D eigenvalue weighted by Crippen LogP contribution is -2.30. The number of sulfonamides is 1. The summed E-state index contributed by atoms with van der Waals surface area (Å²) >= 11 is 1.42. The summed E-state index contributed by atoms with van der Waals surface area (Å²) in [4.78, 5) is 0. The largest absolute Gasteiger partial charge is 0.490 e. The highest BCUT2D eigenvalue weighted by molar-refractivity contribution is 7.89. The van der Waals surface area contributed by atoms with Gasteiger partial charge in [-0.05, 0) is 56.0 Å². The third-order valence-corrected chi connectivity index (χ3v) is 7.69. The SMILES string of the molecule is CC(C)Oc1ccc(-c2nnc(-c3cccc4c3CC[C@H]4NS(=O)(=O)CCO)s2)cc1C#N. The van der Waals surface area contributed by atoms with Gasteiger partial charge in [0.15, 0.2) is 0 Å². The van der Waals surface area contributed by atoms with Crippen LogP contribution in [0.25, 0.3) is 21.1 Å². The molecule has 2 N–H and O–H groups in total. The highest BCUT2D eigenvalue weighted by atomic mass is 32.2. The maximum absolute atomic E-state index is 12.1. The fourth-order valence-electron chi connectivity index (χ4n) is 3.93. The van der Waals surface area contributed by atoms with Crippen molar-refractivity contribution in [1.29, 1.82) is 5.26 Å². The van der Waals surface area contributed by atoms with Crippen molar-refractivity contribution < 1.29 is 18.3 Å². The first-order valence-corrected chi connectivity index (χ1v) is 13.1. The molecule has 0 amide bonds. The van der Waals surface area contributed by atoms with E-state index in [0.717, 1.165) is 27.3 Å². The summed E-state index contributed by atoms with van der Waals surface area (Å²) in [7, 11) is -3.55. The molecule has 8 nitrogen and oxygen atoms in total. The minimum atomic E-state index is -3.55. The zero-order chi connectivity index (χ0) is 23.6. The van der Waals surface area contributed by atoms with Crippen molar-refractivity contribution >= 4 is 21.4 Å². The second-order valence-electron chi connectivity index (χ2n) is 8.03. The lowest BCUT2D eigenvalue weighted by atomic mass is 10.0. The number of fused-ring (bicyclic) bond motifs is 1. The van der Waals surface area contributed by atoms with Crippen LogP contribution >= 0.6 is 11.3 Å². The Morgan fingerprint density at radius 2 is 2.06 bits per heavy atom. The van der Waals surface area contributed by atoms with Gasteiger partial charge in [-0.15, -0.1) is 10.2 Å². The van der Waals surface area contributed by atoms with Crippen molar-refractivity contribution in [1.82, 2.24) is 14.9 Å². The van der Waals surface area contributed by atoms with Gasteiger partial charge in [0.2, 0.25) is 10.0 Å². The molecule has 0 saturated carbocycles. The van der Waals surface area contributed by atoms with Crippen LogP contribution in [0.15, 0.2) is 36.4 Å². The van der Waals surface area contributed by atoms with Crippen molar-refractivity contribution in [2.45, 2.75) is 38.8 Å². The molecule has 172 valence electrons. The molecule has 1 aromatic heterocycles. The highest BCUT2D eigenvalue weighted by Crippen LogP contribution is 2.40. The molecule has 0 unspecified atom stereocenters. The number of hydrogen-bond acceptors (Lipinski definition) is 8. The summed E-state index contributed by atoms with van der Waals surface area (Å²) in [5, 5.41) is 28.6. The number of benzene rings is 2. The van der Waals surface area contributed by atoms with Gasteiger partial charge in [0.25, 0.3) is 0 Å². The maximum atomic E-state index is 12.1. The smallest absolute Gasteiger partial charge is 0.214 e. The van der Waals surface area contributed by atoms with Gasteiger partial charge in [0, 0.05) is 17.2 Å². The summed E-state index contributed by atoms with van der Waals surface area (Å²) in [6, 6.07) is 13.0. The lowest BCUT2D eigenvalue weighted by molar-refractivity contribution is 0.242. The monoisotopic (exact) mass is 484 g/mol. The fourth-order valence-corrected chi connectivity index (χ4v) is 5.86. The molecule has 0 aliphatic heterocycles.